The number of fused-ring (bicyclic) bond motifs is 1. The number of hydrogen-bond donors (Lipinski definition) is 0. The highest BCUT2D eigenvalue weighted by Gasteiger charge is 2.08. The van der Waals surface area contributed by atoms with Gasteiger partial charge in [-0.25, -0.2) is 13.8 Å². The van der Waals surface area contributed by atoms with E-state index in [-0.39, 0.29) is 0 Å². The number of rotatable bonds is 3. The van der Waals surface area contributed by atoms with Gasteiger partial charge in [0.2, 0.25) is 0 Å². The summed E-state index contributed by atoms with van der Waals surface area (Å²) in [4.78, 5) is 14.1. The standard InChI is InChI=1S/C10H8F2N2O/c11-7-4-9-10(5-8(7)12)14(6-13-9)2-1-3-15/h3-6H,1-2H2. The molecule has 1 aromatic carbocycles. The van der Waals surface area contributed by atoms with E-state index in [0.717, 1.165) is 18.4 Å². The molecule has 0 saturated heterocycles. The quantitative estimate of drug-likeness (QED) is 0.725. The number of benzene rings is 1. The Hall–Kier alpha value is -1.78. The van der Waals surface area contributed by atoms with Gasteiger partial charge >= 0.3 is 0 Å². The van der Waals surface area contributed by atoms with Crippen LogP contribution >= 0.6 is 0 Å². The maximum absolute atomic E-state index is 12.9. The zero-order valence-corrected chi connectivity index (χ0v) is 7.78. The molecule has 0 spiro atoms. The summed E-state index contributed by atoms with van der Waals surface area (Å²) in [6.45, 7) is 0.422. The molecule has 15 heavy (non-hydrogen) atoms. The summed E-state index contributed by atoms with van der Waals surface area (Å²) in [5.74, 6) is -1.82. The lowest BCUT2D eigenvalue weighted by atomic mass is 10.3. The molecule has 0 N–H and O–H groups in total. The summed E-state index contributed by atoms with van der Waals surface area (Å²) in [5, 5.41) is 0. The molecule has 0 aliphatic rings. The number of carbonyl (C=O) groups excluding carboxylic acids is 1. The summed E-state index contributed by atoms with van der Waals surface area (Å²) in [6, 6.07) is 2.13. The summed E-state index contributed by atoms with van der Waals surface area (Å²) in [6.07, 6.45) is 2.56. The molecule has 0 aliphatic carbocycles. The van der Waals surface area contributed by atoms with E-state index >= 15 is 0 Å². The fourth-order valence-electron chi connectivity index (χ4n) is 1.42. The second-order valence-corrected chi connectivity index (χ2v) is 3.15. The second-order valence-electron chi connectivity index (χ2n) is 3.15. The minimum absolute atomic E-state index is 0.324. The Morgan fingerprint density at radius 3 is 2.80 bits per heavy atom. The van der Waals surface area contributed by atoms with Crippen molar-refractivity contribution in [2.24, 2.45) is 0 Å². The van der Waals surface area contributed by atoms with E-state index in [4.69, 9.17) is 0 Å². The van der Waals surface area contributed by atoms with Gasteiger partial charge in [0.15, 0.2) is 11.6 Å². The van der Waals surface area contributed by atoms with Gasteiger partial charge in [-0.15, -0.1) is 0 Å². The summed E-state index contributed by atoms with van der Waals surface area (Å²) < 4.78 is 27.4. The van der Waals surface area contributed by atoms with Crippen molar-refractivity contribution in [2.75, 3.05) is 0 Å². The topological polar surface area (TPSA) is 34.9 Å². The van der Waals surface area contributed by atoms with E-state index in [1.54, 1.807) is 4.57 Å². The van der Waals surface area contributed by atoms with Crippen molar-refractivity contribution < 1.29 is 13.6 Å². The Morgan fingerprint density at radius 2 is 2.07 bits per heavy atom. The van der Waals surface area contributed by atoms with Crippen molar-refractivity contribution >= 4 is 17.3 Å². The number of aromatic nitrogens is 2. The zero-order valence-electron chi connectivity index (χ0n) is 7.78. The average molecular weight is 210 g/mol. The third-order valence-electron chi connectivity index (χ3n) is 2.15. The first-order valence-electron chi connectivity index (χ1n) is 4.46. The summed E-state index contributed by atoms with van der Waals surface area (Å²) in [7, 11) is 0. The largest absolute Gasteiger partial charge is 0.330 e. The molecule has 3 nitrogen and oxygen atoms in total. The van der Waals surface area contributed by atoms with E-state index in [1.807, 2.05) is 0 Å². The number of nitrogens with zero attached hydrogens (tertiary/aromatic N) is 2. The van der Waals surface area contributed by atoms with E-state index in [0.29, 0.717) is 24.0 Å². The van der Waals surface area contributed by atoms with E-state index < -0.39 is 11.6 Å². The Labute approximate surface area is 84.3 Å². The van der Waals surface area contributed by atoms with Gasteiger partial charge in [0.1, 0.15) is 6.29 Å². The SMILES string of the molecule is O=CCCn1cnc2cc(F)c(F)cc21. The van der Waals surface area contributed by atoms with Crippen molar-refractivity contribution in [1.82, 2.24) is 9.55 Å². The third-order valence-corrected chi connectivity index (χ3v) is 2.15. The van der Waals surface area contributed by atoms with Crippen LogP contribution in [0.2, 0.25) is 0 Å². The second kappa shape index (κ2) is 3.76. The van der Waals surface area contributed by atoms with E-state index in [2.05, 4.69) is 4.98 Å². The monoisotopic (exact) mass is 210 g/mol. The Balaban J connectivity index is 2.49. The highest BCUT2D eigenvalue weighted by molar-refractivity contribution is 5.75. The van der Waals surface area contributed by atoms with Crippen molar-refractivity contribution in [3.63, 3.8) is 0 Å². The molecule has 0 saturated carbocycles. The predicted molar refractivity (Wildman–Crippen MR) is 50.3 cm³/mol. The number of carbonyl (C=O) groups is 1. The van der Waals surface area contributed by atoms with Crippen LogP contribution in [0.1, 0.15) is 6.42 Å². The van der Waals surface area contributed by atoms with Crippen LogP contribution in [0.3, 0.4) is 0 Å². The van der Waals surface area contributed by atoms with Crippen LogP contribution in [-0.4, -0.2) is 15.8 Å². The summed E-state index contributed by atoms with van der Waals surface area (Å²) in [5.41, 5.74) is 0.885. The molecule has 2 rings (SSSR count). The fraction of sp³-hybridized carbons (Fsp3) is 0.200. The van der Waals surface area contributed by atoms with Crippen molar-refractivity contribution in [3.05, 3.63) is 30.1 Å². The lowest BCUT2D eigenvalue weighted by molar-refractivity contribution is -0.108. The Bertz CT molecular complexity index is 507. The minimum atomic E-state index is -0.914. The molecule has 0 aliphatic heterocycles. The van der Waals surface area contributed by atoms with Gasteiger partial charge in [-0.2, -0.15) is 0 Å². The highest BCUT2D eigenvalue weighted by Crippen LogP contribution is 2.17. The van der Waals surface area contributed by atoms with E-state index in [1.165, 1.54) is 6.33 Å². The number of aryl methyl sites for hydroxylation is 1. The van der Waals surface area contributed by atoms with Crippen LogP contribution < -0.4 is 0 Å². The number of halogens is 2. The van der Waals surface area contributed by atoms with Crippen molar-refractivity contribution in [2.45, 2.75) is 13.0 Å². The van der Waals surface area contributed by atoms with Gasteiger partial charge in [-0.05, 0) is 0 Å². The lowest BCUT2D eigenvalue weighted by Crippen LogP contribution is -1.97. The average Bonchev–Trinajstić information content (AvgIpc) is 2.59. The minimum Gasteiger partial charge on any atom is -0.330 e. The van der Waals surface area contributed by atoms with Crippen LogP contribution in [0.4, 0.5) is 8.78 Å². The molecule has 0 fully saturated rings. The molecular weight excluding hydrogens is 202 g/mol. The van der Waals surface area contributed by atoms with Gasteiger partial charge in [0.05, 0.1) is 17.4 Å². The molecule has 0 radical (unpaired) electrons. The number of imidazole rings is 1. The maximum atomic E-state index is 12.9. The molecule has 5 heteroatoms. The van der Waals surface area contributed by atoms with Gasteiger partial charge in [0.25, 0.3) is 0 Å². The smallest absolute Gasteiger partial charge is 0.161 e. The molecular formula is C10H8F2N2O. The van der Waals surface area contributed by atoms with Crippen LogP contribution in [0, 0.1) is 11.6 Å². The number of hydrogen-bond acceptors (Lipinski definition) is 2. The summed E-state index contributed by atoms with van der Waals surface area (Å²) >= 11 is 0. The molecule has 0 amide bonds. The first-order chi connectivity index (χ1) is 7.22. The van der Waals surface area contributed by atoms with Gasteiger partial charge < -0.3 is 9.36 Å². The molecule has 0 unspecified atom stereocenters. The van der Waals surface area contributed by atoms with Crippen LogP contribution in [-0.2, 0) is 11.3 Å². The normalized spacial score (nSPS) is 10.8. The first-order valence-corrected chi connectivity index (χ1v) is 4.46. The fourth-order valence-corrected chi connectivity index (χ4v) is 1.42. The van der Waals surface area contributed by atoms with E-state index in [9.17, 15) is 13.6 Å². The Kier molecular flexibility index (Phi) is 2.45. The van der Waals surface area contributed by atoms with Crippen molar-refractivity contribution in [3.8, 4) is 0 Å². The number of aldehydes is 1. The zero-order chi connectivity index (χ0) is 10.8. The first kappa shape index (κ1) is 9.76. The van der Waals surface area contributed by atoms with Gasteiger partial charge in [-0.1, -0.05) is 0 Å². The maximum Gasteiger partial charge on any atom is 0.161 e. The van der Waals surface area contributed by atoms with Crippen molar-refractivity contribution in [1.29, 1.82) is 0 Å². The highest BCUT2D eigenvalue weighted by atomic mass is 19.2. The lowest BCUT2D eigenvalue weighted by Gasteiger charge is -2.00. The van der Waals surface area contributed by atoms with Crippen LogP contribution in [0.5, 0.6) is 0 Å². The third kappa shape index (κ3) is 1.72. The van der Waals surface area contributed by atoms with Gasteiger partial charge in [0, 0.05) is 25.1 Å². The predicted octanol–water partition coefficient (Wildman–Crippen LogP) is 1.90. The van der Waals surface area contributed by atoms with Crippen LogP contribution in [0.25, 0.3) is 11.0 Å². The molecule has 0 bridgehead atoms. The molecule has 1 heterocycles. The van der Waals surface area contributed by atoms with Crippen LogP contribution in [0.15, 0.2) is 18.5 Å². The molecule has 1 aromatic heterocycles. The van der Waals surface area contributed by atoms with Gasteiger partial charge in [-0.3, -0.25) is 0 Å². The Morgan fingerprint density at radius 1 is 1.33 bits per heavy atom. The molecule has 78 valence electrons. The molecule has 2 aromatic rings. The molecule has 0 atom stereocenters.